The molecule has 0 spiro atoms. The zero-order valence-corrected chi connectivity index (χ0v) is 23.7. The molecule has 1 saturated carbocycles. The Bertz CT molecular complexity index is 1490. The number of hydrogen-bond acceptors (Lipinski definition) is 9. The Kier molecular flexibility index (Phi) is 7.58. The molecular formula is C26H34FN3O8S. The van der Waals surface area contributed by atoms with Gasteiger partial charge < -0.3 is 29.0 Å². The molecule has 1 atom stereocenters. The van der Waals surface area contributed by atoms with Gasteiger partial charge in [0, 0.05) is 25.4 Å². The van der Waals surface area contributed by atoms with Crippen LogP contribution >= 0.6 is 0 Å². The van der Waals surface area contributed by atoms with Crippen molar-refractivity contribution in [3.63, 3.8) is 0 Å². The van der Waals surface area contributed by atoms with Crippen LogP contribution in [0.4, 0.5) is 14.9 Å². The number of rotatable bonds is 7. The second-order valence-electron chi connectivity index (χ2n) is 10.8. The van der Waals surface area contributed by atoms with Crippen molar-refractivity contribution in [3.05, 3.63) is 27.7 Å². The van der Waals surface area contributed by atoms with E-state index in [0.29, 0.717) is 25.8 Å². The summed E-state index contributed by atoms with van der Waals surface area (Å²) in [6, 6.07) is 0.332. The zero-order valence-electron chi connectivity index (χ0n) is 22.9. The van der Waals surface area contributed by atoms with Crippen LogP contribution in [-0.2, 0) is 19.3 Å². The number of hydrogen-bond donors (Lipinski definition) is 1. The molecule has 4 rings (SSSR count). The van der Waals surface area contributed by atoms with Crippen molar-refractivity contribution in [2.75, 3.05) is 38.0 Å². The Morgan fingerprint density at radius 3 is 2.41 bits per heavy atom. The zero-order chi connectivity index (χ0) is 28.9. The van der Waals surface area contributed by atoms with Crippen LogP contribution in [0.5, 0.6) is 5.75 Å². The van der Waals surface area contributed by atoms with Gasteiger partial charge in [0.2, 0.25) is 5.43 Å². The van der Waals surface area contributed by atoms with Crippen molar-refractivity contribution in [1.29, 1.82) is 0 Å². The smallest absolute Gasteiger partial charge is 0.407 e. The lowest BCUT2D eigenvalue weighted by Gasteiger charge is -2.26. The van der Waals surface area contributed by atoms with Gasteiger partial charge >= 0.3 is 12.1 Å². The molecule has 2 aliphatic rings. The van der Waals surface area contributed by atoms with E-state index < -0.39 is 49.3 Å². The molecule has 0 radical (unpaired) electrons. The monoisotopic (exact) mass is 567 g/mol. The topological polar surface area (TPSA) is 133 Å². The number of methoxy groups -OCH3 is 1. The van der Waals surface area contributed by atoms with Crippen LogP contribution < -0.4 is 20.4 Å². The van der Waals surface area contributed by atoms with Crippen molar-refractivity contribution in [2.24, 2.45) is 0 Å². The number of halogens is 1. The molecule has 1 N–H and O–H groups in total. The average Bonchev–Trinajstić information content (AvgIpc) is 3.55. The third kappa shape index (κ3) is 5.68. The third-order valence-electron chi connectivity index (χ3n) is 6.50. The van der Waals surface area contributed by atoms with Crippen molar-refractivity contribution in [3.8, 4) is 5.75 Å². The molecule has 1 aromatic heterocycles. The van der Waals surface area contributed by atoms with Gasteiger partial charge in [-0.15, -0.1) is 0 Å². The molecule has 1 amide bonds. The predicted octanol–water partition coefficient (Wildman–Crippen LogP) is 3.17. The maximum absolute atomic E-state index is 15.8. The number of alkyl carbamates (subject to hydrolysis) is 1. The van der Waals surface area contributed by atoms with E-state index in [1.165, 1.54) is 18.6 Å². The lowest BCUT2D eigenvalue weighted by Crippen LogP contribution is -2.40. The number of pyridine rings is 1. The Balaban J connectivity index is 1.90. The summed E-state index contributed by atoms with van der Waals surface area (Å²) in [7, 11) is -2.80. The highest BCUT2D eigenvalue weighted by Crippen LogP contribution is 2.46. The number of nitrogens with one attached hydrogen (secondary N) is 1. The first-order chi connectivity index (χ1) is 18.2. The van der Waals surface area contributed by atoms with Crippen molar-refractivity contribution in [1.82, 2.24) is 9.88 Å². The minimum absolute atomic E-state index is 0.0211. The van der Waals surface area contributed by atoms with Gasteiger partial charge in [0.05, 0.1) is 30.7 Å². The van der Waals surface area contributed by atoms with Crippen LogP contribution in [0, 0.1) is 5.82 Å². The Hall–Kier alpha value is -3.35. The number of carbonyl (C=O) groups is 2. The molecule has 214 valence electrons. The average molecular weight is 568 g/mol. The highest BCUT2D eigenvalue weighted by Gasteiger charge is 2.39. The van der Waals surface area contributed by atoms with Crippen molar-refractivity contribution >= 4 is 38.5 Å². The fraction of sp³-hybridized carbons (Fsp3) is 0.577. The van der Waals surface area contributed by atoms with E-state index in [0.717, 1.165) is 12.3 Å². The normalized spacial score (nSPS) is 17.8. The van der Waals surface area contributed by atoms with E-state index in [1.54, 1.807) is 25.7 Å². The summed E-state index contributed by atoms with van der Waals surface area (Å²) >= 11 is 0. The van der Waals surface area contributed by atoms with Gasteiger partial charge in [-0.05, 0) is 53.0 Å². The maximum atomic E-state index is 15.8. The van der Waals surface area contributed by atoms with Gasteiger partial charge in [-0.2, -0.15) is 0 Å². The summed E-state index contributed by atoms with van der Waals surface area (Å²) in [4.78, 5) is 40.3. The fourth-order valence-electron chi connectivity index (χ4n) is 4.94. The first kappa shape index (κ1) is 28.7. The van der Waals surface area contributed by atoms with Crippen molar-refractivity contribution in [2.45, 2.75) is 69.7 Å². The molecule has 1 aromatic carbocycles. The van der Waals surface area contributed by atoms with E-state index in [-0.39, 0.29) is 47.6 Å². The van der Waals surface area contributed by atoms with Crippen LogP contribution in [0.3, 0.4) is 0 Å². The molecular weight excluding hydrogens is 533 g/mol. The number of benzene rings is 1. The van der Waals surface area contributed by atoms with Crippen LogP contribution in [0.25, 0.3) is 10.9 Å². The number of esters is 1. The van der Waals surface area contributed by atoms with E-state index in [4.69, 9.17) is 14.2 Å². The van der Waals surface area contributed by atoms with Gasteiger partial charge in [-0.25, -0.2) is 22.4 Å². The van der Waals surface area contributed by atoms with Crippen LogP contribution in [0.1, 0.15) is 63.4 Å². The van der Waals surface area contributed by atoms with E-state index in [9.17, 15) is 22.8 Å². The number of sulfone groups is 1. The molecule has 1 aliphatic heterocycles. The first-order valence-electron chi connectivity index (χ1n) is 12.8. The summed E-state index contributed by atoms with van der Waals surface area (Å²) in [6.45, 7) is 7.29. The fourth-order valence-corrected chi connectivity index (χ4v) is 6.09. The molecule has 1 aliphatic carbocycles. The molecule has 0 bridgehead atoms. The summed E-state index contributed by atoms with van der Waals surface area (Å²) < 4.78 is 59.2. The Morgan fingerprint density at radius 1 is 1.21 bits per heavy atom. The molecule has 1 saturated heterocycles. The van der Waals surface area contributed by atoms with Crippen LogP contribution in [-0.4, -0.2) is 69.8 Å². The minimum atomic E-state index is -4.11. The largest absolute Gasteiger partial charge is 0.492 e. The van der Waals surface area contributed by atoms with E-state index >= 15 is 4.39 Å². The number of amides is 1. The van der Waals surface area contributed by atoms with Gasteiger partial charge in [0.15, 0.2) is 26.4 Å². The summed E-state index contributed by atoms with van der Waals surface area (Å²) in [5.74, 6) is -1.89. The molecule has 11 nitrogen and oxygen atoms in total. The molecule has 2 fully saturated rings. The number of aromatic nitrogens is 1. The van der Waals surface area contributed by atoms with Gasteiger partial charge in [0.25, 0.3) is 0 Å². The van der Waals surface area contributed by atoms with Gasteiger partial charge in [0.1, 0.15) is 16.9 Å². The van der Waals surface area contributed by atoms with Crippen molar-refractivity contribution < 1.29 is 36.6 Å². The number of carbonyl (C=O) groups excluding carboxylic acids is 2. The second-order valence-corrected chi connectivity index (χ2v) is 12.7. The minimum Gasteiger partial charge on any atom is -0.492 e. The SMILES string of the molecule is CCOC(=O)c1c(S(C)(=O)=O)n(C2CC2)c2c(OC)c(N3CC[C@H](NC(=O)OC(C)(C)C)C3)c(F)cc2c1=O. The van der Waals surface area contributed by atoms with Gasteiger partial charge in [-0.3, -0.25) is 4.79 Å². The lowest BCUT2D eigenvalue weighted by atomic mass is 10.1. The molecule has 2 aromatic rings. The van der Waals surface area contributed by atoms with Crippen LogP contribution in [0.15, 0.2) is 15.9 Å². The number of ether oxygens (including phenoxy) is 3. The molecule has 0 unspecified atom stereocenters. The number of fused-ring (bicyclic) bond motifs is 1. The Labute approximate surface area is 226 Å². The first-order valence-corrected chi connectivity index (χ1v) is 14.7. The standard InChI is InChI=1S/C26H34FN3O8S/c1-7-37-24(32)18-21(31)16-12-17(27)20(29-11-10-14(13-29)28-25(33)38-26(2,3)4)22(36-5)19(16)30(15-8-9-15)23(18)39(6,34)35/h12,14-15H,7-11,13H2,1-6H3,(H,28,33)/t14-/m0/s1. The van der Waals surface area contributed by atoms with E-state index in [1.807, 2.05) is 0 Å². The number of nitrogens with zero attached hydrogens (tertiary/aromatic N) is 2. The summed E-state index contributed by atoms with van der Waals surface area (Å²) in [5, 5.41) is 2.13. The molecule has 13 heteroatoms. The van der Waals surface area contributed by atoms with E-state index in [2.05, 4.69) is 5.32 Å². The highest BCUT2D eigenvalue weighted by atomic mass is 32.2. The Morgan fingerprint density at radius 2 is 1.87 bits per heavy atom. The van der Waals surface area contributed by atoms with Crippen LogP contribution in [0.2, 0.25) is 0 Å². The quantitative estimate of drug-likeness (QED) is 0.501. The predicted molar refractivity (Wildman–Crippen MR) is 142 cm³/mol. The highest BCUT2D eigenvalue weighted by molar-refractivity contribution is 7.90. The molecule has 39 heavy (non-hydrogen) atoms. The van der Waals surface area contributed by atoms with Gasteiger partial charge in [-0.1, -0.05) is 0 Å². The summed E-state index contributed by atoms with van der Waals surface area (Å²) in [6.07, 6.45) is 2.02. The molecule has 2 heterocycles. The number of anilines is 1. The third-order valence-corrected chi connectivity index (χ3v) is 7.60. The lowest BCUT2D eigenvalue weighted by molar-refractivity contribution is 0.0502. The second kappa shape index (κ2) is 10.3. The maximum Gasteiger partial charge on any atom is 0.407 e. The summed E-state index contributed by atoms with van der Waals surface area (Å²) in [5.41, 5.74) is -2.14.